The second-order valence-corrected chi connectivity index (χ2v) is 2.62. The van der Waals surface area contributed by atoms with Crippen LogP contribution in [0.5, 0.6) is 0 Å². The predicted molar refractivity (Wildman–Crippen MR) is 48.9 cm³/mol. The number of nitrogens with one attached hydrogen (secondary N) is 1. The second-order valence-electron chi connectivity index (χ2n) is 2.62. The minimum Gasteiger partial charge on any atom is -0.359 e. The molecule has 0 aliphatic heterocycles. The number of amides is 1. The highest BCUT2D eigenvalue weighted by Gasteiger charge is 2.04. The zero-order valence-corrected chi connectivity index (χ0v) is 7.37. The van der Waals surface area contributed by atoms with E-state index in [1.54, 1.807) is 25.2 Å². The Labute approximate surface area is 77.0 Å². The lowest BCUT2D eigenvalue weighted by Gasteiger charge is -2.01. The fourth-order valence-corrected chi connectivity index (χ4v) is 1.04. The zero-order chi connectivity index (χ0) is 9.68. The van der Waals surface area contributed by atoms with Crippen LogP contribution >= 0.6 is 0 Å². The molecule has 1 aromatic carbocycles. The molecular weight excluding hydrogens is 164 g/mol. The molecular formula is C10H10N2O. The molecule has 0 spiro atoms. The average Bonchev–Trinajstić information content (AvgIpc) is 2.18. The molecule has 1 rings (SSSR count). The van der Waals surface area contributed by atoms with Crippen LogP contribution < -0.4 is 5.32 Å². The zero-order valence-electron chi connectivity index (χ0n) is 7.37. The Kier molecular flexibility index (Phi) is 3.04. The molecule has 0 aliphatic rings. The third-order valence-corrected chi connectivity index (χ3v) is 1.77. The first-order valence-corrected chi connectivity index (χ1v) is 3.96. The molecule has 1 N–H and O–H groups in total. The summed E-state index contributed by atoms with van der Waals surface area (Å²) in [6, 6.07) is 9.14. The summed E-state index contributed by atoms with van der Waals surface area (Å²) in [6.07, 6.45) is 0.264. The smallest absolute Gasteiger partial charge is 0.224 e. The summed E-state index contributed by atoms with van der Waals surface area (Å²) in [4.78, 5) is 11.0. The molecule has 0 radical (unpaired) electrons. The normalized spacial score (nSPS) is 8.92. The second kappa shape index (κ2) is 4.27. The van der Waals surface area contributed by atoms with Crippen molar-refractivity contribution >= 4 is 5.91 Å². The molecule has 3 heteroatoms. The monoisotopic (exact) mass is 174 g/mol. The van der Waals surface area contributed by atoms with E-state index in [2.05, 4.69) is 5.32 Å². The van der Waals surface area contributed by atoms with E-state index >= 15 is 0 Å². The quantitative estimate of drug-likeness (QED) is 0.722. The van der Waals surface area contributed by atoms with Crippen LogP contribution in [0, 0.1) is 11.3 Å². The van der Waals surface area contributed by atoms with Crippen LogP contribution in [-0.2, 0) is 11.2 Å². The molecule has 1 aromatic rings. The maximum Gasteiger partial charge on any atom is 0.224 e. The number of hydrogen-bond acceptors (Lipinski definition) is 2. The number of hydrogen-bond donors (Lipinski definition) is 1. The fraction of sp³-hybridized carbons (Fsp3) is 0.200. The highest BCUT2D eigenvalue weighted by molar-refractivity contribution is 5.78. The molecule has 66 valence electrons. The molecule has 0 saturated heterocycles. The first-order chi connectivity index (χ1) is 6.27. The Morgan fingerprint density at radius 2 is 2.23 bits per heavy atom. The van der Waals surface area contributed by atoms with Crippen LogP contribution in [0.3, 0.4) is 0 Å². The van der Waals surface area contributed by atoms with Crippen LogP contribution in [0.2, 0.25) is 0 Å². The van der Waals surface area contributed by atoms with E-state index in [9.17, 15) is 4.79 Å². The summed E-state index contributed by atoms with van der Waals surface area (Å²) >= 11 is 0. The molecule has 0 saturated carbocycles. The van der Waals surface area contributed by atoms with Crippen LogP contribution in [-0.4, -0.2) is 13.0 Å². The third-order valence-electron chi connectivity index (χ3n) is 1.77. The summed E-state index contributed by atoms with van der Waals surface area (Å²) in [5, 5.41) is 11.2. The van der Waals surface area contributed by atoms with Crippen LogP contribution in [0.25, 0.3) is 0 Å². The molecule has 0 aromatic heterocycles. The van der Waals surface area contributed by atoms with E-state index < -0.39 is 0 Å². The van der Waals surface area contributed by atoms with E-state index in [1.807, 2.05) is 12.1 Å². The number of nitriles is 1. The van der Waals surface area contributed by atoms with Gasteiger partial charge in [-0.05, 0) is 11.6 Å². The molecule has 0 fully saturated rings. The van der Waals surface area contributed by atoms with Gasteiger partial charge in [0.1, 0.15) is 0 Å². The Morgan fingerprint density at radius 1 is 1.54 bits per heavy atom. The van der Waals surface area contributed by atoms with Crippen molar-refractivity contribution in [1.29, 1.82) is 5.26 Å². The molecule has 0 bridgehead atoms. The van der Waals surface area contributed by atoms with Gasteiger partial charge in [0, 0.05) is 7.05 Å². The van der Waals surface area contributed by atoms with Crippen LogP contribution in [0.15, 0.2) is 24.3 Å². The van der Waals surface area contributed by atoms with Gasteiger partial charge in [-0.25, -0.2) is 0 Å². The van der Waals surface area contributed by atoms with Crippen LogP contribution in [0.1, 0.15) is 11.1 Å². The Balaban J connectivity index is 2.89. The summed E-state index contributed by atoms with van der Waals surface area (Å²) in [5.74, 6) is -0.0808. The molecule has 13 heavy (non-hydrogen) atoms. The highest BCUT2D eigenvalue weighted by Crippen LogP contribution is 2.07. The van der Waals surface area contributed by atoms with Crippen molar-refractivity contribution < 1.29 is 4.79 Å². The van der Waals surface area contributed by atoms with Gasteiger partial charge in [-0.15, -0.1) is 0 Å². The van der Waals surface area contributed by atoms with Crippen molar-refractivity contribution in [2.75, 3.05) is 7.05 Å². The minimum atomic E-state index is -0.0808. The lowest BCUT2D eigenvalue weighted by Crippen LogP contribution is -2.20. The number of likely N-dealkylation sites (N-methyl/N-ethyl adjacent to an activating group) is 1. The maximum absolute atomic E-state index is 11.0. The Bertz CT molecular complexity index is 352. The number of carbonyl (C=O) groups excluding carboxylic acids is 1. The summed E-state index contributed by atoms with van der Waals surface area (Å²) < 4.78 is 0. The van der Waals surface area contributed by atoms with Crippen molar-refractivity contribution in [2.45, 2.75) is 6.42 Å². The Hall–Kier alpha value is -1.82. The Morgan fingerprint density at radius 3 is 2.85 bits per heavy atom. The number of nitrogens with zero attached hydrogens (tertiary/aromatic N) is 1. The third kappa shape index (κ3) is 2.31. The molecule has 0 aliphatic carbocycles. The van der Waals surface area contributed by atoms with Gasteiger partial charge in [0.05, 0.1) is 18.1 Å². The van der Waals surface area contributed by atoms with Gasteiger partial charge in [0.25, 0.3) is 0 Å². The van der Waals surface area contributed by atoms with E-state index in [0.29, 0.717) is 5.56 Å². The van der Waals surface area contributed by atoms with Gasteiger partial charge in [0.15, 0.2) is 0 Å². The van der Waals surface area contributed by atoms with Crippen molar-refractivity contribution in [1.82, 2.24) is 5.32 Å². The summed E-state index contributed by atoms with van der Waals surface area (Å²) in [6.45, 7) is 0. The maximum atomic E-state index is 11.0. The van der Waals surface area contributed by atoms with Crippen LogP contribution in [0.4, 0.5) is 0 Å². The SMILES string of the molecule is CNC(=O)Cc1ccccc1C#N. The molecule has 3 nitrogen and oxygen atoms in total. The van der Waals surface area contributed by atoms with Gasteiger partial charge in [-0.1, -0.05) is 18.2 Å². The number of carbonyl (C=O) groups is 1. The summed E-state index contributed by atoms with van der Waals surface area (Å²) in [5.41, 5.74) is 1.33. The van der Waals surface area contributed by atoms with E-state index in [1.165, 1.54) is 0 Å². The lowest BCUT2D eigenvalue weighted by molar-refractivity contribution is -0.119. The predicted octanol–water partition coefficient (Wildman–Crippen LogP) is 0.847. The van der Waals surface area contributed by atoms with Crippen molar-refractivity contribution in [3.05, 3.63) is 35.4 Å². The lowest BCUT2D eigenvalue weighted by atomic mass is 10.1. The van der Waals surface area contributed by atoms with Crippen molar-refractivity contribution in [3.8, 4) is 6.07 Å². The first kappa shape index (κ1) is 9.27. The van der Waals surface area contributed by atoms with Gasteiger partial charge in [0.2, 0.25) is 5.91 Å². The molecule has 0 atom stereocenters. The van der Waals surface area contributed by atoms with E-state index in [-0.39, 0.29) is 12.3 Å². The van der Waals surface area contributed by atoms with Gasteiger partial charge in [-0.2, -0.15) is 5.26 Å². The average molecular weight is 174 g/mol. The highest BCUT2D eigenvalue weighted by atomic mass is 16.1. The molecule has 0 heterocycles. The number of benzene rings is 1. The standard InChI is InChI=1S/C10H10N2O/c1-12-10(13)6-8-4-2-3-5-9(8)7-11/h2-5H,6H2,1H3,(H,12,13). The topological polar surface area (TPSA) is 52.9 Å². The van der Waals surface area contributed by atoms with Crippen molar-refractivity contribution in [2.24, 2.45) is 0 Å². The molecule has 1 amide bonds. The van der Waals surface area contributed by atoms with Gasteiger partial charge in [-0.3, -0.25) is 4.79 Å². The number of rotatable bonds is 2. The van der Waals surface area contributed by atoms with E-state index in [4.69, 9.17) is 5.26 Å². The first-order valence-electron chi connectivity index (χ1n) is 3.96. The largest absolute Gasteiger partial charge is 0.359 e. The van der Waals surface area contributed by atoms with Crippen molar-refractivity contribution in [3.63, 3.8) is 0 Å². The minimum absolute atomic E-state index is 0.0808. The van der Waals surface area contributed by atoms with E-state index in [0.717, 1.165) is 5.56 Å². The van der Waals surface area contributed by atoms with Gasteiger partial charge >= 0.3 is 0 Å². The fourth-order valence-electron chi connectivity index (χ4n) is 1.04. The van der Waals surface area contributed by atoms with Gasteiger partial charge < -0.3 is 5.32 Å². The molecule has 0 unspecified atom stereocenters. The summed E-state index contributed by atoms with van der Waals surface area (Å²) in [7, 11) is 1.58.